The van der Waals surface area contributed by atoms with Crippen molar-refractivity contribution < 1.29 is 42.2 Å². The van der Waals surface area contributed by atoms with E-state index in [9.17, 15) is 0 Å². The van der Waals surface area contributed by atoms with Gasteiger partial charge in [-0.2, -0.15) is 0 Å². The van der Waals surface area contributed by atoms with Crippen LogP contribution in [0.1, 0.15) is 0 Å². The normalized spacial score (nSPS) is 35.3. The molecule has 2 atom stereocenters. The van der Waals surface area contributed by atoms with E-state index in [-0.39, 0.29) is 32.7 Å². The third-order valence-electron chi connectivity index (χ3n) is 0.805. The van der Waals surface area contributed by atoms with Crippen molar-refractivity contribution in [1.82, 2.24) is 0 Å². The van der Waals surface area contributed by atoms with Gasteiger partial charge in [-0.3, -0.25) is 0 Å². The second-order valence-electron chi connectivity index (χ2n) is 1.91. The van der Waals surface area contributed by atoms with E-state index in [1.165, 1.54) is 0 Å². The Balaban J connectivity index is 0.000000128. The number of hydrogen-bond donors (Lipinski definition) is 0. The second-order valence-corrected chi connectivity index (χ2v) is 1.91. The van der Waals surface area contributed by atoms with E-state index in [1.807, 2.05) is 0 Å². The molecule has 0 saturated carbocycles. The molecule has 2 rings (SSSR count). The fourth-order valence-corrected chi connectivity index (χ4v) is 0.136. The molecule has 0 aliphatic carbocycles. The second kappa shape index (κ2) is 4.78. The Morgan fingerprint density at radius 1 is 1.00 bits per heavy atom. The molecule has 3 heteroatoms. The van der Waals surface area contributed by atoms with Crippen LogP contribution < -0.4 is 0 Å². The quantitative estimate of drug-likeness (QED) is 0.421. The maximum absolute atomic E-state index is 4.60. The summed E-state index contributed by atoms with van der Waals surface area (Å²) in [6, 6.07) is 0. The maximum atomic E-state index is 4.60. The van der Waals surface area contributed by atoms with E-state index < -0.39 is 0 Å². The Hall–Kier alpha value is 1.02. The van der Waals surface area contributed by atoms with Crippen molar-refractivity contribution in [3.8, 4) is 0 Å². The average molecular weight is 203 g/mol. The number of hydrogen-bond acceptors (Lipinski definition) is 2. The van der Waals surface area contributed by atoms with Crippen molar-refractivity contribution in [2.75, 3.05) is 13.2 Å². The molecule has 1 radical (unpaired) electrons. The predicted molar refractivity (Wildman–Crippen MR) is 30.2 cm³/mol. The summed E-state index contributed by atoms with van der Waals surface area (Å²) in [5.41, 5.74) is 0. The van der Waals surface area contributed by atoms with Crippen molar-refractivity contribution in [2.24, 2.45) is 0 Å². The van der Waals surface area contributed by atoms with Crippen LogP contribution in [-0.2, 0) is 42.2 Å². The first-order valence-corrected chi connectivity index (χ1v) is 2.68. The number of epoxide rings is 2. The molecule has 51 valence electrons. The van der Waals surface area contributed by atoms with Gasteiger partial charge in [0.1, 0.15) is 0 Å². The molecule has 2 saturated heterocycles. The molecule has 0 aromatic heterocycles. The van der Waals surface area contributed by atoms with Crippen molar-refractivity contribution >= 4 is 0 Å². The minimum Gasteiger partial charge on any atom is -0.408 e. The fourth-order valence-electron chi connectivity index (χ4n) is 0.136. The zero-order valence-corrected chi connectivity index (χ0v) is 8.22. The van der Waals surface area contributed by atoms with Crippen molar-refractivity contribution in [3.63, 3.8) is 0 Å². The molecule has 0 amide bonds. The van der Waals surface area contributed by atoms with Gasteiger partial charge in [0, 0.05) is 45.9 Å². The van der Waals surface area contributed by atoms with Gasteiger partial charge in [-0.25, -0.2) is 0 Å². The summed E-state index contributed by atoms with van der Waals surface area (Å²) in [5.74, 6) is 0. The third kappa shape index (κ3) is 9.02. The van der Waals surface area contributed by atoms with Crippen LogP contribution in [0.5, 0.6) is 0 Å². The Kier molecular flexibility index (Phi) is 5.32. The first kappa shape index (κ1) is 10.0. The molecule has 0 aromatic rings. The Morgan fingerprint density at radius 2 is 1.11 bits per heavy atom. The molecule has 0 bridgehead atoms. The third-order valence-corrected chi connectivity index (χ3v) is 0.805. The summed E-state index contributed by atoms with van der Waals surface area (Å²) in [6.45, 7) is 8.81. The molecule has 2 nitrogen and oxygen atoms in total. The Morgan fingerprint density at radius 3 is 1.11 bits per heavy atom. The van der Waals surface area contributed by atoms with Gasteiger partial charge in [0.05, 0.1) is 0 Å². The first-order chi connectivity index (χ1) is 3.79. The summed E-state index contributed by atoms with van der Waals surface area (Å²) < 4.78 is 9.19. The van der Waals surface area contributed by atoms with Crippen LogP contribution in [0.2, 0.25) is 0 Å². The molecule has 2 unspecified atom stereocenters. The minimum atomic E-state index is 0. The molecule has 0 aromatic carbocycles. The van der Waals surface area contributed by atoms with Gasteiger partial charge in [-0.05, 0) is 12.2 Å². The predicted octanol–water partition coefficient (Wildman–Crippen LogP) is 0.436. The van der Waals surface area contributed by atoms with Crippen LogP contribution in [0.4, 0.5) is 0 Å². The zero-order valence-electron chi connectivity index (χ0n) is 5.38. The SMILES string of the molecule is [CH2-]C1CO1.[CH2-]C1CO1.[Y]. The summed E-state index contributed by atoms with van der Waals surface area (Å²) in [7, 11) is 0. The van der Waals surface area contributed by atoms with Crippen LogP contribution >= 0.6 is 0 Å². The number of rotatable bonds is 0. The van der Waals surface area contributed by atoms with Gasteiger partial charge in [0.2, 0.25) is 0 Å². The van der Waals surface area contributed by atoms with Gasteiger partial charge in [0.15, 0.2) is 0 Å². The average Bonchev–Trinajstić information content (AvgIpc) is 2.47. The van der Waals surface area contributed by atoms with Gasteiger partial charge < -0.3 is 23.3 Å². The van der Waals surface area contributed by atoms with Crippen molar-refractivity contribution in [3.05, 3.63) is 13.8 Å². The molecule has 0 spiro atoms. The largest absolute Gasteiger partial charge is 0.408 e. The fraction of sp³-hybridized carbons (Fsp3) is 0.667. The summed E-state index contributed by atoms with van der Waals surface area (Å²) >= 11 is 0. The van der Waals surface area contributed by atoms with Gasteiger partial charge in [0.25, 0.3) is 0 Å². The molecule has 0 N–H and O–H groups in total. The van der Waals surface area contributed by atoms with Gasteiger partial charge in [-0.1, -0.05) is 0 Å². The van der Waals surface area contributed by atoms with E-state index in [0.717, 1.165) is 13.2 Å². The summed E-state index contributed by atoms with van der Waals surface area (Å²) in [5, 5.41) is 0. The monoisotopic (exact) mass is 203 g/mol. The molecular weight excluding hydrogens is 193 g/mol. The minimum absolute atomic E-state index is 0. The van der Waals surface area contributed by atoms with E-state index >= 15 is 0 Å². The smallest absolute Gasteiger partial charge is 0.0414 e. The topological polar surface area (TPSA) is 25.1 Å². The molecule has 2 heterocycles. The molecule has 9 heavy (non-hydrogen) atoms. The maximum Gasteiger partial charge on any atom is 0.0414 e. The van der Waals surface area contributed by atoms with E-state index in [1.54, 1.807) is 0 Å². The number of ether oxygens (including phenoxy) is 2. The molecule has 2 fully saturated rings. The van der Waals surface area contributed by atoms with Crippen molar-refractivity contribution in [1.29, 1.82) is 0 Å². The summed E-state index contributed by atoms with van der Waals surface area (Å²) in [6.07, 6.45) is 0.667. The standard InChI is InChI=1S/2C3H5O.Y/c2*1-3-2-4-3;/h2*3H,1-2H2;/q2*-1;. The van der Waals surface area contributed by atoms with Crippen LogP contribution in [0.3, 0.4) is 0 Å². The van der Waals surface area contributed by atoms with Crippen LogP contribution in [0.15, 0.2) is 0 Å². The zero-order chi connectivity index (χ0) is 5.98. The summed E-state index contributed by atoms with van der Waals surface area (Å²) in [4.78, 5) is 0. The van der Waals surface area contributed by atoms with E-state index in [0.29, 0.717) is 12.2 Å². The van der Waals surface area contributed by atoms with E-state index in [4.69, 9.17) is 0 Å². The van der Waals surface area contributed by atoms with Crippen molar-refractivity contribution in [2.45, 2.75) is 12.2 Å². The molecule has 2 aliphatic rings. The van der Waals surface area contributed by atoms with Gasteiger partial charge in [-0.15, -0.1) is 0 Å². The Labute approximate surface area is 81.2 Å². The molecule has 2 aliphatic heterocycles. The Bertz CT molecular complexity index is 59.5. The van der Waals surface area contributed by atoms with Crippen LogP contribution in [0, 0.1) is 13.8 Å². The van der Waals surface area contributed by atoms with E-state index in [2.05, 4.69) is 23.3 Å². The van der Waals surface area contributed by atoms with Gasteiger partial charge >= 0.3 is 0 Å². The van der Waals surface area contributed by atoms with Crippen LogP contribution in [0.25, 0.3) is 0 Å². The van der Waals surface area contributed by atoms with Crippen LogP contribution in [-0.4, -0.2) is 25.4 Å². The molecular formula is C6H10O2Y-2. The first-order valence-electron chi connectivity index (χ1n) is 2.68.